The molecular formula is C36H73NO2. The second-order valence-electron chi connectivity index (χ2n) is 12.7. The maximum absolute atomic E-state index is 6.21. The van der Waals surface area contributed by atoms with E-state index in [0.29, 0.717) is 0 Å². The molecule has 1 N–H and O–H groups in total. The van der Waals surface area contributed by atoms with Crippen LogP contribution >= 0.6 is 0 Å². The van der Waals surface area contributed by atoms with Crippen LogP contribution in [0.2, 0.25) is 0 Å². The second kappa shape index (κ2) is 30.8. The maximum Gasteiger partial charge on any atom is 0.0973 e. The number of unbranched alkanes of at least 4 members (excludes halogenated alkanes) is 26. The van der Waals surface area contributed by atoms with Gasteiger partial charge in [-0.05, 0) is 12.8 Å². The lowest BCUT2D eigenvalue weighted by Crippen LogP contribution is -2.30. The zero-order chi connectivity index (χ0) is 27.9. The Bertz CT molecular complexity index is 417. The third-order valence-corrected chi connectivity index (χ3v) is 8.77. The van der Waals surface area contributed by atoms with Crippen LogP contribution in [0.4, 0.5) is 0 Å². The van der Waals surface area contributed by atoms with Crippen LogP contribution in [0.25, 0.3) is 0 Å². The molecule has 234 valence electrons. The van der Waals surface area contributed by atoms with Crippen molar-refractivity contribution in [2.24, 2.45) is 0 Å². The van der Waals surface area contributed by atoms with Gasteiger partial charge in [-0.1, -0.05) is 181 Å². The van der Waals surface area contributed by atoms with E-state index >= 15 is 0 Å². The lowest BCUT2D eigenvalue weighted by Gasteiger charge is -2.20. The van der Waals surface area contributed by atoms with Crippen LogP contribution in [0.5, 0.6) is 0 Å². The van der Waals surface area contributed by atoms with Gasteiger partial charge in [0.25, 0.3) is 0 Å². The Kier molecular flexibility index (Phi) is 29.2. The fraction of sp³-hybridized carbons (Fsp3) is 1.00. The molecular weight excluding hydrogens is 478 g/mol. The molecule has 0 aromatic rings. The van der Waals surface area contributed by atoms with Gasteiger partial charge < -0.3 is 14.8 Å². The van der Waals surface area contributed by atoms with E-state index in [4.69, 9.17) is 9.47 Å². The molecule has 0 aromatic carbocycles. The molecule has 1 rings (SSSR count). The summed E-state index contributed by atoms with van der Waals surface area (Å²) < 4.78 is 12.4. The topological polar surface area (TPSA) is 30.5 Å². The average molecular weight is 552 g/mol. The predicted molar refractivity (Wildman–Crippen MR) is 173 cm³/mol. The molecule has 0 aliphatic carbocycles. The van der Waals surface area contributed by atoms with Crippen molar-refractivity contribution in [2.75, 3.05) is 26.3 Å². The molecule has 0 saturated carbocycles. The predicted octanol–water partition coefficient (Wildman–Crippen LogP) is 11.3. The van der Waals surface area contributed by atoms with Gasteiger partial charge in [0.2, 0.25) is 0 Å². The SMILES string of the molecule is CCCCCCCCCCCCCCCCOC1CNC[C@H]1OCCCCCCCCCCCCCCCC. The molecule has 1 aliphatic heterocycles. The average Bonchev–Trinajstić information content (AvgIpc) is 3.40. The highest BCUT2D eigenvalue weighted by Gasteiger charge is 2.28. The van der Waals surface area contributed by atoms with E-state index < -0.39 is 0 Å². The van der Waals surface area contributed by atoms with Gasteiger partial charge in [0.05, 0.1) is 12.2 Å². The van der Waals surface area contributed by atoms with E-state index in [0.717, 1.165) is 26.3 Å². The summed E-state index contributed by atoms with van der Waals surface area (Å²) in [6.45, 7) is 8.33. The summed E-state index contributed by atoms with van der Waals surface area (Å²) in [4.78, 5) is 0. The molecule has 1 heterocycles. The zero-order valence-electron chi connectivity index (χ0n) is 27.1. The second-order valence-corrected chi connectivity index (χ2v) is 12.7. The van der Waals surface area contributed by atoms with Crippen LogP contribution in [0.3, 0.4) is 0 Å². The number of hydrogen-bond acceptors (Lipinski definition) is 3. The van der Waals surface area contributed by atoms with E-state index in [-0.39, 0.29) is 12.2 Å². The lowest BCUT2D eigenvalue weighted by atomic mass is 10.0. The summed E-state index contributed by atoms with van der Waals surface area (Å²) >= 11 is 0. The Morgan fingerprint density at radius 1 is 0.359 bits per heavy atom. The van der Waals surface area contributed by atoms with E-state index in [1.165, 1.54) is 180 Å². The van der Waals surface area contributed by atoms with Crippen molar-refractivity contribution in [2.45, 2.75) is 206 Å². The van der Waals surface area contributed by atoms with Gasteiger partial charge in [0.1, 0.15) is 0 Å². The van der Waals surface area contributed by atoms with Gasteiger partial charge >= 0.3 is 0 Å². The van der Waals surface area contributed by atoms with E-state index in [1.54, 1.807) is 0 Å². The van der Waals surface area contributed by atoms with Crippen molar-refractivity contribution < 1.29 is 9.47 Å². The Labute approximate surface area is 246 Å². The van der Waals surface area contributed by atoms with Gasteiger partial charge in [0.15, 0.2) is 0 Å². The highest BCUT2D eigenvalue weighted by Crippen LogP contribution is 2.16. The summed E-state index contributed by atoms with van der Waals surface area (Å²) in [7, 11) is 0. The normalized spacial score (nSPS) is 17.4. The molecule has 0 aromatic heterocycles. The van der Waals surface area contributed by atoms with Gasteiger partial charge in [0, 0.05) is 26.3 Å². The molecule has 1 saturated heterocycles. The van der Waals surface area contributed by atoms with Crippen molar-refractivity contribution in [1.82, 2.24) is 5.32 Å². The molecule has 0 spiro atoms. The summed E-state index contributed by atoms with van der Waals surface area (Å²) in [6.07, 6.45) is 39.9. The molecule has 1 aliphatic rings. The van der Waals surface area contributed by atoms with Crippen molar-refractivity contribution in [3.63, 3.8) is 0 Å². The molecule has 0 radical (unpaired) electrons. The Morgan fingerprint density at radius 3 is 0.846 bits per heavy atom. The van der Waals surface area contributed by atoms with Crippen LogP contribution in [-0.2, 0) is 9.47 Å². The first-order valence-corrected chi connectivity index (χ1v) is 18.3. The Morgan fingerprint density at radius 2 is 0.590 bits per heavy atom. The minimum Gasteiger partial charge on any atom is -0.374 e. The van der Waals surface area contributed by atoms with Crippen molar-refractivity contribution >= 4 is 0 Å². The maximum atomic E-state index is 6.21. The highest BCUT2D eigenvalue weighted by molar-refractivity contribution is 4.83. The molecule has 1 unspecified atom stereocenters. The standard InChI is InChI=1S/C36H73NO2/c1-3-5-7-9-11-13-15-17-19-21-23-25-27-29-31-38-35-33-37-34-36(35)39-32-30-28-26-24-22-20-18-16-14-12-10-8-6-4-2/h35-37H,3-34H2,1-2H3/t35-,36?/m1/s1. The third-order valence-electron chi connectivity index (χ3n) is 8.77. The summed E-state index contributed by atoms with van der Waals surface area (Å²) in [5.74, 6) is 0. The largest absolute Gasteiger partial charge is 0.374 e. The molecule has 2 atom stereocenters. The molecule has 3 nitrogen and oxygen atoms in total. The van der Waals surface area contributed by atoms with E-state index in [1.807, 2.05) is 0 Å². The molecule has 39 heavy (non-hydrogen) atoms. The molecule has 0 bridgehead atoms. The van der Waals surface area contributed by atoms with Gasteiger partial charge in [-0.15, -0.1) is 0 Å². The zero-order valence-corrected chi connectivity index (χ0v) is 27.1. The first-order chi connectivity index (χ1) is 19.4. The minimum absolute atomic E-state index is 0.263. The van der Waals surface area contributed by atoms with Crippen LogP contribution in [0.1, 0.15) is 194 Å². The first-order valence-electron chi connectivity index (χ1n) is 18.3. The monoisotopic (exact) mass is 552 g/mol. The van der Waals surface area contributed by atoms with Gasteiger partial charge in [-0.3, -0.25) is 0 Å². The van der Waals surface area contributed by atoms with Crippen molar-refractivity contribution in [3.05, 3.63) is 0 Å². The molecule has 3 heteroatoms. The Hall–Kier alpha value is -0.120. The lowest BCUT2D eigenvalue weighted by molar-refractivity contribution is -0.0481. The van der Waals surface area contributed by atoms with Crippen molar-refractivity contribution in [3.8, 4) is 0 Å². The quantitative estimate of drug-likeness (QED) is 0.0843. The number of hydrogen-bond donors (Lipinski definition) is 1. The molecule has 1 fully saturated rings. The number of rotatable bonds is 32. The van der Waals surface area contributed by atoms with Crippen molar-refractivity contribution in [1.29, 1.82) is 0 Å². The van der Waals surface area contributed by atoms with Gasteiger partial charge in [-0.25, -0.2) is 0 Å². The number of nitrogens with one attached hydrogen (secondary N) is 1. The number of ether oxygens (including phenoxy) is 2. The highest BCUT2D eigenvalue weighted by atomic mass is 16.5. The van der Waals surface area contributed by atoms with Crippen LogP contribution in [-0.4, -0.2) is 38.5 Å². The van der Waals surface area contributed by atoms with Crippen LogP contribution in [0, 0.1) is 0 Å². The van der Waals surface area contributed by atoms with Crippen LogP contribution in [0.15, 0.2) is 0 Å². The van der Waals surface area contributed by atoms with Crippen LogP contribution < -0.4 is 5.32 Å². The Balaban J connectivity index is 1.79. The fourth-order valence-corrected chi connectivity index (χ4v) is 6.03. The summed E-state index contributed by atoms with van der Waals surface area (Å²) in [5.41, 5.74) is 0. The first kappa shape index (κ1) is 36.9. The fourth-order valence-electron chi connectivity index (χ4n) is 6.03. The third kappa shape index (κ3) is 25.3. The van der Waals surface area contributed by atoms with E-state index in [2.05, 4.69) is 19.2 Å². The molecule has 0 amide bonds. The summed E-state index contributed by atoms with van der Waals surface area (Å²) in [6, 6.07) is 0. The summed E-state index contributed by atoms with van der Waals surface area (Å²) in [5, 5.41) is 3.48. The van der Waals surface area contributed by atoms with Gasteiger partial charge in [-0.2, -0.15) is 0 Å². The van der Waals surface area contributed by atoms with E-state index in [9.17, 15) is 0 Å². The minimum atomic E-state index is 0.263. The smallest absolute Gasteiger partial charge is 0.0973 e.